The Morgan fingerprint density at radius 3 is 2.42 bits per heavy atom. The normalized spacial score (nSPS) is 18.2. The summed E-state index contributed by atoms with van der Waals surface area (Å²) >= 11 is 0. The van der Waals surface area contributed by atoms with E-state index < -0.39 is 0 Å². The molecule has 1 fully saturated rings. The Bertz CT molecular complexity index is 1080. The third-order valence-electron chi connectivity index (χ3n) is 6.05. The number of rotatable bonds is 7. The zero-order valence-electron chi connectivity index (χ0n) is 19.3. The Morgan fingerprint density at radius 2 is 1.73 bits per heavy atom. The van der Waals surface area contributed by atoms with Crippen LogP contribution in [0.15, 0.2) is 66.9 Å². The van der Waals surface area contributed by atoms with Gasteiger partial charge in [-0.1, -0.05) is 67.1 Å². The average molecular weight is 445 g/mol. The number of hydrogen-bond acceptors (Lipinski definition) is 3. The molecule has 1 aliphatic carbocycles. The van der Waals surface area contributed by atoms with Crippen molar-refractivity contribution in [1.29, 1.82) is 0 Å². The minimum absolute atomic E-state index is 0.0183. The lowest BCUT2D eigenvalue weighted by molar-refractivity contribution is -0.126. The van der Waals surface area contributed by atoms with E-state index in [0.717, 1.165) is 30.4 Å². The van der Waals surface area contributed by atoms with Crippen molar-refractivity contribution in [1.82, 2.24) is 20.4 Å². The van der Waals surface area contributed by atoms with Gasteiger partial charge in [0, 0.05) is 29.8 Å². The zero-order valence-corrected chi connectivity index (χ0v) is 19.3. The fourth-order valence-corrected chi connectivity index (χ4v) is 4.47. The summed E-state index contributed by atoms with van der Waals surface area (Å²) in [5, 5.41) is 11.0. The number of aromatic nitrogens is 2. The van der Waals surface area contributed by atoms with E-state index in [1.54, 1.807) is 0 Å². The van der Waals surface area contributed by atoms with Crippen LogP contribution in [0.25, 0.3) is 11.3 Å². The highest BCUT2D eigenvalue weighted by molar-refractivity contribution is 6.00. The van der Waals surface area contributed by atoms with Crippen molar-refractivity contribution in [2.75, 3.05) is 0 Å². The maximum atomic E-state index is 13.4. The van der Waals surface area contributed by atoms with Crippen molar-refractivity contribution in [2.24, 2.45) is 5.92 Å². The Hall–Kier alpha value is -3.41. The molecular weight excluding hydrogens is 412 g/mol. The van der Waals surface area contributed by atoms with Crippen molar-refractivity contribution in [3.63, 3.8) is 0 Å². The largest absolute Gasteiger partial charge is 0.354 e. The predicted octanol–water partition coefficient (Wildman–Crippen LogP) is 4.41. The molecule has 0 radical (unpaired) electrons. The van der Waals surface area contributed by atoms with Gasteiger partial charge in [-0.3, -0.25) is 14.3 Å². The van der Waals surface area contributed by atoms with Crippen molar-refractivity contribution in [2.45, 2.75) is 58.2 Å². The van der Waals surface area contributed by atoms with Gasteiger partial charge < -0.3 is 10.6 Å². The number of hydrogen-bond donors (Lipinski definition) is 2. The summed E-state index contributed by atoms with van der Waals surface area (Å²) in [5.41, 5.74) is 3.27. The molecule has 1 heterocycles. The summed E-state index contributed by atoms with van der Waals surface area (Å²) in [6, 6.07) is 20.0. The second-order valence-corrected chi connectivity index (χ2v) is 9.14. The number of nitrogens with one attached hydrogen (secondary N) is 2. The summed E-state index contributed by atoms with van der Waals surface area (Å²) in [7, 11) is 0. The topological polar surface area (TPSA) is 76.0 Å². The fraction of sp³-hybridized carbons (Fsp3) is 0.370. The summed E-state index contributed by atoms with van der Waals surface area (Å²) in [6.45, 7) is 4.53. The van der Waals surface area contributed by atoms with Crippen LogP contribution in [0.5, 0.6) is 0 Å². The van der Waals surface area contributed by atoms with E-state index in [4.69, 9.17) is 5.10 Å². The first-order valence-electron chi connectivity index (χ1n) is 11.8. The van der Waals surface area contributed by atoms with Crippen molar-refractivity contribution < 1.29 is 9.59 Å². The van der Waals surface area contributed by atoms with Crippen molar-refractivity contribution in [3.8, 4) is 11.3 Å². The average Bonchev–Trinajstić information content (AvgIpc) is 3.24. The molecule has 1 aliphatic rings. The highest BCUT2D eigenvalue weighted by Crippen LogP contribution is 2.27. The molecule has 2 unspecified atom stereocenters. The molecule has 2 amide bonds. The molecule has 1 saturated carbocycles. The zero-order chi connectivity index (χ0) is 23.2. The van der Waals surface area contributed by atoms with Gasteiger partial charge in [0.1, 0.15) is 5.69 Å². The minimum Gasteiger partial charge on any atom is -0.354 e. The first-order valence-corrected chi connectivity index (χ1v) is 11.8. The van der Waals surface area contributed by atoms with E-state index in [0.29, 0.717) is 24.2 Å². The molecule has 2 aromatic carbocycles. The first kappa shape index (κ1) is 22.8. The number of carbonyl (C=O) groups excluding carboxylic acids is 2. The summed E-state index contributed by atoms with van der Waals surface area (Å²) in [5.74, 6) is -0.103. The van der Waals surface area contributed by atoms with Gasteiger partial charge in [0.05, 0.1) is 12.1 Å². The van der Waals surface area contributed by atoms with Crippen LogP contribution in [0.4, 0.5) is 0 Å². The maximum absolute atomic E-state index is 13.4. The molecular formula is C27H32N4O2. The standard InChI is InChI=1S/C27H32N4O2/c1-19(2)28-26(32)22-14-9-15-23(16-22)29-27(33)24-18-31(17-20-10-5-3-6-11-20)30-25(24)21-12-7-4-8-13-21/h3-8,10-13,18-19,22-23H,9,14-17H2,1-2H3,(H,28,32)(H,29,33). The third-order valence-corrected chi connectivity index (χ3v) is 6.05. The van der Waals surface area contributed by atoms with Gasteiger partial charge in [-0.05, 0) is 38.7 Å². The third kappa shape index (κ3) is 5.89. The van der Waals surface area contributed by atoms with E-state index in [9.17, 15) is 9.59 Å². The molecule has 172 valence electrons. The molecule has 2 atom stereocenters. The monoisotopic (exact) mass is 444 g/mol. The lowest BCUT2D eigenvalue weighted by Crippen LogP contribution is -2.43. The lowest BCUT2D eigenvalue weighted by atomic mass is 9.85. The van der Waals surface area contributed by atoms with Crippen LogP contribution >= 0.6 is 0 Å². The van der Waals surface area contributed by atoms with Crippen LogP contribution in [0.2, 0.25) is 0 Å². The van der Waals surface area contributed by atoms with Crippen LogP contribution in [-0.4, -0.2) is 33.7 Å². The quantitative estimate of drug-likeness (QED) is 0.567. The van der Waals surface area contributed by atoms with E-state index in [2.05, 4.69) is 10.6 Å². The van der Waals surface area contributed by atoms with Gasteiger partial charge in [0.2, 0.25) is 5.91 Å². The van der Waals surface area contributed by atoms with Crippen LogP contribution in [0, 0.1) is 5.92 Å². The van der Waals surface area contributed by atoms with Crippen LogP contribution in [0.3, 0.4) is 0 Å². The molecule has 3 aromatic rings. The van der Waals surface area contributed by atoms with Crippen molar-refractivity contribution >= 4 is 11.8 Å². The summed E-state index contributed by atoms with van der Waals surface area (Å²) in [4.78, 5) is 25.9. The van der Waals surface area contributed by atoms with Crippen LogP contribution in [0.1, 0.15) is 55.5 Å². The number of benzene rings is 2. The maximum Gasteiger partial charge on any atom is 0.255 e. The summed E-state index contributed by atoms with van der Waals surface area (Å²) < 4.78 is 1.83. The molecule has 6 heteroatoms. The highest BCUT2D eigenvalue weighted by Gasteiger charge is 2.29. The van der Waals surface area contributed by atoms with Crippen molar-refractivity contribution in [3.05, 3.63) is 78.0 Å². The van der Waals surface area contributed by atoms with Gasteiger partial charge in [-0.2, -0.15) is 5.10 Å². The van der Waals surface area contributed by atoms with Gasteiger partial charge in [0.25, 0.3) is 5.91 Å². The molecule has 4 rings (SSSR count). The SMILES string of the molecule is CC(C)NC(=O)C1CCCC(NC(=O)c2cn(Cc3ccccc3)nc2-c2ccccc2)C1. The Kier molecular flexibility index (Phi) is 7.23. The predicted molar refractivity (Wildman–Crippen MR) is 130 cm³/mol. The molecule has 0 spiro atoms. The minimum atomic E-state index is -0.136. The van der Waals surface area contributed by atoms with Gasteiger partial charge in [0.15, 0.2) is 0 Å². The van der Waals surface area contributed by atoms with Gasteiger partial charge in [-0.25, -0.2) is 0 Å². The Morgan fingerprint density at radius 1 is 1.03 bits per heavy atom. The lowest BCUT2D eigenvalue weighted by Gasteiger charge is -2.29. The second-order valence-electron chi connectivity index (χ2n) is 9.14. The second kappa shape index (κ2) is 10.5. The Labute approximate surface area is 195 Å². The van der Waals surface area contributed by atoms with E-state index >= 15 is 0 Å². The number of nitrogens with zero attached hydrogens (tertiary/aromatic N) is 2. The van der Waals surface area contributed by atoms with E-state index in [1.807, 2.05) is 85.4 Å². The van der Waals surface area contributed by atoms with E-state index in [1.165, 1.54) is 0 Å². The molecule has 1 aromatic heterocycles. The number of amides is 2. The summed E-state index contributed by atoms with van der Waals surface area (Å²) in [6.07, 6.45) is 5.19. The number of carbonyl (C=O) groups is 2. The van der Waals surface area contributed by atoms with E-state index in [-0.39, 0.29) is 29.8 Å². The van der Waals surface area contributed by atoms with Gasteiger partial charge in [-0.15, -0.1) is 0 Å². The molecule has 33 heavy (non-hydrogen) atoms. The first-order chi connectivity index (χ1) is 16.0. The fourth-order valence-electron chi connectivity index (χ4n) is 4.47. The Balaban J connectivity index is 1.53. The highest BCUT2D eigenvalue weighted by atomic mass is 16.2. The molecule has 0 bridgehead atoms. The molecule has 0 saturated heterocycles. The van der Waals surface area contributed by atoms with Crippen LogP contribution in [-0.2, 0) is 11.3 Å². The molecule has 6 nitrogen and oxygen atoms in total. The van der Waals surface area contributed by atoms with Crippen LogP contribution < -0.4 is 10.6 Å². The van der Waals surface area contributed by atoms with Gasteiger partial charge >= 0.3 is 0 Å². The molecule has 0 aliphatic heterocycles. The smallest absolute Gasteiger partial charge is 0.255 e. The molecule has 2 N–H and O–H groups in total.